The number of likely N-dealkylation sites (tertiary alicyclic amines) is 2. The molecule has 164 valence electrons. The average molecular weight is 424 g/mol. The van der Waals surface area contributed by atoms with Gasteiger partial charge in [-0.25, -0.2) is 0 Å². The molecule has 0 N–H and O–H groups in total. The zero-order valence-corrected chi connectivity index (χ0v) is 17.6. The van der Waals surface area contributed by atoms with E-state index in [1.54, 1.807) is 4.90 Å². The molecule has 1 aromatic carbocycles. The molecule has 2 saturated heterocycles. The summed E-state index contributed by atoms with van der Waals surface area (Å²) < 4.78 is 5.10. The maximum Gasteiger partial charge on any atom is 0.326 e. The molecule has 1 aromatic rings. The number of rotatable bonds is 6. The highest BCUT2D eigenvalue weighted by Crippen LogP contribution is 2.34. The third-order valence-corrected chi connectivity index (χ3v) is 6.58. The average Bonchev–Trinajstić information content (AvgIpc) is 3.04. The Morgan fingerprint density at radius 2 is 1.55 bits per heavy atom. The van der Waals surface area contributed by atoms with Crippen LogP contribution in [0.3, 0.4) is 0 Å². The number of ether oxygens (including phenoxy) is 1. The van der Waals surface area contributed by atoms with Crippen LogP contribution in [0.1, 0.15) is 31.2 Å². The van der Waals surface area contributed by atoms with Gasteiger partial charge in [0, 0.05) is 13.1 Å². The smallest absolute Gasteiger partial charge is 0.326 e. The molecule has 7 nitrogen and oxygen atoms in total. The normalized spacial score (nSPS) is 23.7. The number of allylic oxidation sites excluding steroid dienone is 2. The number of carbonyl (C=O) groups is 4. The van der Waals surface area contributed by atoms with Gasteiger partial charge in [-0.1, -0.05) is 42.5 Å². The van der Waals surface area contributed by atoms with Gasteiger partial charge in [0.15, 0.2) is 6.61 Å². The fourth-order valence-electron chi connectivity index (χ4n) is 4.77. The number of benzene rings is 1. The predicted octanol–water partition coefficient (Wildman–Crippen LogP) is 1.96. The molecule has 2 heterocycles. The monoisotopic (exact) mass is 424 g/mol. The van der Waals surface area contributed by atoms with Gasteiger partial charge in [-0.3, -0.25) is 24.1 Å². The van der Waals surface area contributed by atoms with Gasteiger partial charge in [-0.2, -0.15) is 0 Å². The van der Waals surface area contributed by atoms with E-state index in [-0.39, 0.29) is 36.2 Å². The molecule has 1 aliphatic carbocycles. The fourth-order valence-corrected chi connectivity index (χ4v) is 4.77. The van der Waals surface area contributed by atoms with E-state index in [9.17, 15) is 19.2 Å². The highest BCUT2D eigenvalue weighted by Gasteiger charge is 2.47. The van der Waals surface area contributed by atoms with Crippen LogP contribution in [0, 0.1) is 17.8 Å². The molecule has 31 heavy (non-hydrogen) atoms. The molecule has 2 fully saturated rings. The third kappa shape index (κ3) is 4.86. The summed E-state index contributed by atoms with van der Waals surface area (Å²) in [6.07, 6.45) is 7.70. The Balaban J connectivity index is 1.19. The van der Waals surface area contributed by atoms with Crippen LogP contribution < -0.4 is 0 Å². The Labute approximate surface area is 182 Å². The highest BCUT2D eigenvalue weighted by atomic mass is 16.5. The summed E-state index contributed by atoms with van der Waals surface area (Å²) in [6, 6.07) is 10.3. The molecule has 2 atom stereocenters. The lowest BCUT2D eigenvalue weighted by molar-refractivity contribution is -0.157. The zero-order valence-electron chi connectivity index (χ0n) is 17.6. The van der Waals surface area contributed by atoms with E-state index >= 15 is 0 Å². The van der Waals surface area contributed by atoms with Crippen molar-refractivity contribution in [2.75, 3.05) is 26.2 Å². The van der Waals surface area contributed by atoms with Crippen LogP contribution in [0.5, 0.6) is 0 Å². The quantitative estimate of drug-likeness (QED) is 0.396. The number of fused-ring (bicyclic) bond motifs is 1. The van der Waals surface area contributed by atoms with E-state index in [4.69, 9.17) is 4.74 Å². The standard InChI is InChI=1S/C24H28N2O5/c27-21(25-12-10-18(11-13-25)14-17-6-2-1-3-7-17)16-31-22(28)15-26-23(29)19-8-4-5-9-20(19)24(26)30/h1-7,18-20H,8-16H2/t19-,20+. The van der Waals surface area contributed by atoms with Crippen molar-refractivity contribution in [1.82, 2.24) is 9.80 Å². The van der Waals surface area contributed by atoms with E-state index < -0.39 is 12.5 Å². The van der Waals surface area contributed by atoms with E-state index in [1.807, 2.05) is 30.4 Å². The van der Waals surface area contributed by atoms with Crippen molar-refractivity contribution in [2.24, 2.45) is 17.8 Å². The Morgan fingerprint density at radius 3 is 2.16 bits per heavy atom. The zero-order chi connectivity index (χ0) is 21.8. The molecule has 0 radical (unpaired) electrons. The minimum atomic E-state index is -0.722. The number of hydrogen-bond donors (Lipinski definition) is 0. The fraction of sp³-hybridized carbons (Fsp3) is 0.500. The Hall–Kier alpha value is -2.96. The van der Waals surface area contributed by atoms with Gasteiger partial charge in [-0.05, 0) is 43.6 Å². The first-order chi connectivity index (χ1) is 15.0. The molecule has 3 aliphatic rings. The Morgan fingerprint density at radius 1 is 0.935 bits per heavy atom. The van der Waals surface area contributed by atoms with Gasteiger partial charge in [0.2, 0.25) is 11.8 Å². The van der Waals surface area contributed by atoms with Gasteiger partial charge in [-0.15, -0.1) is 0 Å². The maximum atomic E-state index is 12.4. The van der Waals surface area contributed by atoms with E-state index in [1.165, 1.54) is 5.56 Å². The maximum absolute atomic E-state index is 12.4. The third-order valence-electron chi connectivity index (χ3n) is 6.58. The molecule has 0 bridgehead atoms. The second-order valence-corrected chi connectivity index (χ2v) is 8.59. The summed E-state index contributed by atoms with van der Waals surface area (Å²) in [7, 11) is 0. The molecule has 0 spiro atoms. The van der Waals surface area contributed by atoms with Crippen LogP contribution in [0.2, 0.25) is 0 Å². The van der Waals surface area contributed by atoms with Gasteiger partial charge in [0.25, 0.3) is 5.91 Å². The highest BCUT2D eigenvalue weighted by molar-refractivity contribution is 6.07. The molecular formula is C24H28N2O5. The molecule has 7 heteroatoms. The van der Waals surface area contributed by atoms with Crippen LogP contribution in [0.25, 0.3) is 0 Å². The van der Waals surface area contributed by atoms with Crippen molar-refractivity contribution in [3.8, 4) is 0 Å². The predicted molar refractivity (Wildman–Crippen MR) is 112 cm³/mol. The topological polar surface area (TPSA) is 84.0 Å². The number of esters is 1. The summed E-state index contributed by atoms with van der Waals surface area (Å²) in [5, 5.41) is 0. The minimum Gasteiger partial charge on any atom is -0.454 e. The Bertz CT molecular complexity index is 847. The lowest BCUT2D eigenvalue weighted by Crippen LogP contribution is -2.42. The number of imide groups is 1. The van der Waals surface area contributed by atoms with E-state index in [2.05, 4.69) is 12.1 Å². The van der Waals surface area contributed by atoms with Crippen molar-refractivity contribution >= 4 is 23.7 Å². The first-order valence-corrected chi connectivity index (χ1v) is 11.0. The summed E-state index contributed by atoms with van der Waals surface area (Å²) >= 11 is 0. The second-order valence-electron chi connectivity index (χ2n) is 8.59. The SMILES string of the molecule is O=C(CN1C(=O)[C@H]2CC=CC[C@H]2C1=O)OCC(=O)N1CCC(Cc2ccccc2)CC1. The summed E-state index contributed by atoms with van der Waals surface area (Å²) in [4.78, 5) is 52.2. The van der Waals surface area contributed by atoms with Crippen molar-refractivity contribution in [2.45, 2.75) is 32.1 Å². The van der Waals surface area contributed by atoms with Crippen molar-refractivity contribution in [3.05, 3.63) is 48.0 Å². The van der Waals surface area contributed by atoms with Crippen LogP contribution in [-0.2, 0) is 30.3 Å². The lowest BCUT2D eigenvalue weighted by Gasteiger charge is -2.32. The number of piperidine rings is 1. The summed E-state index contributed by atoms with van der Waals surface area (Å²) in [5.74, 6) is -1.79. The first kappa shape index (κ1) is 21.3. The van der Waals surface area contributed by atoms with Crippen molar-refractivity contribution in [1.29, 1.82) is 0 Å². The molecule has 0 saturated carbocycles. The number of nitrogens with zero attached hydrogens (tertiary/aromatic N) is 2. The van der Waals surface area contributed by atoms with Gasteiger partial charge in [0.05, 0.1) is 11.8 Å². The van der Waals surface area contributed by atoms with Gasteiger partial charge in [0.1, 0.15) is 6.54 Å². The lowest BCUT2D eigenvalue weighted by atomic mass is 9.85. The summed E-state index contributed by atoms with van der Waals surface area (Å²) in [5.41, 5.74) is 1.31. The van der Waals surface area contributed by atoms with E-state index in [0.717, 1.165) is 24.2 Å². The molecular weight excluding hydrogens is 396 g/mol. The number of carbonyl (C=O) groups excluding carboxylic acids is 4. The van der Waals surface area contributed by atoms with Crippen LogP contribution in [0.4, 0.5) is 0 Å². The minimum absolute atomic E-state index is 0.233. The van der Waals surface area contributed by atoms with Gasteiger partial charge >= 0.3 is 5.97 Å². The first-order valence-electron chi connectivity index (χ1n) is 11.0. The second kappa shape index (κ2) is 9.45. The molecule has 0 unspecified atom stereocenters. The molecule has 3 amide bonds. The van der Waals surface area contributed by atoms with Crippen LogP contribution in [0.15, 0.2) is 42.5 Å². The Kier molecular flexibility index (Phi) is 6.49. The number of hydrogen-bond acceptors (Lipinski definition) is 5. The van der Waals surface area contributed by atoms with Crippen molar-refractivity contribution in [3.63, 3.8) is 0 Å². The number of amides is 3. The molecule has 0 aromatic heterocycles. The summed E-state index contributed by atoms with van der Waals surface area (Å²) in [6.45, 7) is 0.518. The van der Waals surface area contributed by atoms with Crippen LogP contribution in [-0.4, -0.2) is 59.7 Å². The van der Waals surface area contributed by atoms with E-state index in [0.29, 0.717) is 31.8 Å². The van der Waals surface area contributed by atoms with Gasteiger partial charge < -0.3 is 9.64 Å². The largest absolute Gasteiger partial charge is 0.454 e. The molecule has 2 aliphatic heterocycles. The van der Waals surface area contributed by atoms with Crippen LogP contribution >= 0.6 is 0 Å². The molecule has 4 rings (SSSR count). The van der Waals surface area contributed by atoms with Crippen molar-refractivity contribution < 1.29 is 23.9 Å².